The van der Waals surface area contributed by atoms with Crippen molar-refractivity contribution in [1.82, 2.24) is 0 Å². The minimum Gasteiger partial charge on any atom is -0.495 e. The molecule has 5 heteroatoms. The molecule has 0 unspecified atom stereocenters. The van der Waals surface area contributed by atoms with Crippen molar-refractivity contribution in [3.63, 3.8) is 0 Å². The van der Waals surface area contributed by atoms with Crippen LogP contribution in [0.5, 0.6) is 17.2 Å². The number of benzene rings is 1. The predicted molar refractivity (Wildman–Crippen MR) is 62.1 cm³/mol. The van der Waals surface area contributed by atoms with Crippen molar-refractivity contribution < 1.29 is 19.3 Å². The van der Waals surface area contributed by atoms with Crippen LogP contribution in [0, 0.1) is 0 Å². The van der Waals surface area contributed by atoms with E-state index < -0.39 is 5.60 Å². The van der Waals surface area contributed by atoms with Crippen LogP contribution >= 0.6 is 11.6 Å². The molecule has 1 aromatic carbocycles. The van der Waals surface area contributed by atoms with Gasteiger partial charge in [-0.15, -0.1) is 0 Å². The lowest BCUT2D eigenvalue weighted by Crippen LogP contribution is -2.20. The number of hydrogen-bond acceptors (Lipinski definition) is 4. The smallest absolute Gasteiger partial charge is 0.171 e. The van der Waals surface area contributed by atoms with Crippen LogP contribution in [0.3, 0.4) is 0 Å². The zero-order valence-electron chi connectivity index (χ0n) is 9.46. The van der Waals surface area contributed by atoms with E-state index in [0.717, 1.165) is 0 Å². The molecule has 0 radical (unpaired) electrons. The Hall–Kier alpha value is -1.13. The van der Waals surface area contributed by atoms with Gasteiger partial charge in [-0.05, 0) is 12.8 Å². The second-order valence-corrected chi connectivity index (χ2v) is 4.73. The van der Waals surface area contributed by atoms with Crippen molar-refractivity contribution in [2.24, 2.45) is 0 Å². The maximum atomic E-state index is 10.3. The third-order valence-electron chi connectivity index (χ3n) is 3.13. The minimum absolute atomic E-state index is 0.437. The summed E-state index contributed by atoms with van der Waals surface area (Å²) in [6, 6.07) is 1.67. The number of hydrogen-bond donors (Lipinski definition) is 1. The van der Waals surface area contributed by atoms with Crippen molar-refractivity contribution in [2.75, 3.05) is 20.3 Å². The Labute approximate surface area is 104 Å². The summed E-state index contributed by atoms with van der Waals surface area (Å²) in [5.74, 6) is 1.63. The Morgan fingerprint density at radius 2 is 2.06 bits per heavy atom. The average molecular weight is 257 g/mol. The van der Waals surface area contributed by atoms with Crippen molar-refractivity contribution in [1.29, 1.82) is 0 Å². The van der Waals surface area contributed by atoms with Gasteiger partial charge in [0.05, 0.1) is 23.3 Å². The van der Waals surface area contributed by atoms with Gasteiger partial charge >= 0.3 is 0 Å². The number of aliphatic hydroxyl groups is 1. The third-order valence-corrected chi connectivity index (χ3v) is 3.41. The molecule has 0 aromatic heterocycles. The van der Waals surface area contributed by atoms with Crippen LogP contribution < -0.4 is 14.2 Å². The first-order chi connectivity index (χ1) is 8.15. The van der Waals surface area contributed by atoms with Gasteiger partial charge in [0.2, 0.25) is 0 Å². The number of ether oxygens (including phenoxy) is 3. The number of methoxy groups -OCH3 is 1. The standard InChI is InChI=1S/C12H13ClO4/c1-15-10-7(13)6-8-11(17-5-4-16-8)9(10)12(14)2-3-12/h6,14H,2-5H2,1H3. The Bertz CT molecular complexity index is 468. The summed E-state index contributed by atoms with van der Waals surface area (Å²) in [5.41, 5.74) is -0.247. The third kappa shape index (κ3) is 1.63. The van der Waals surface area contributed by atoms with Crippen LogP contribution in [0.1, 0.15) is 18.4 Å². The second-order valence-electron chi connectivity index (χ2n) is 4.32. The van der Waals surface area contributed by atoms with E-state index >= 15 is 0 Å². The van der Waals surface area contributed by atoms with Gasteiger partial charge in [0.25, 0.3) is 0 Å². The van der Waals surface area contributed by atoms with Crippen LogP contribution in [-0.2, 0) is 5.60 Å². The van der Waals surface area contributed by atoms with E-state index in [-0.39, 0.29) is 0 Å². The molecule has 17 heavy (non-hydrogen) atoms. The van der Waals surface area contributed by atoms with Gasteiger partial charge in [0, 0.05) is 6.07 Å². The second kappa shape index (κ2) is 3.68. The van der Waals surface area contributed by atoms with E-state index in [2.05, 4.69) is 0 Å². The van der Waals surface area contributed by atoms with Gasteiger partial charge in [-0.25, -0.2) is 0 Å². The zero-order chi connectivity index (χ0) is 12.0. The average Bonchev–Trinajstić information content (AvgIpc) is 3.06. The molecule has 92 valence electrons. The molecule has 1 heterocycles. The molecular weight excluding hydrogens is 244 g/mol. The lowest BCUT2D eigenvalue weighted by atomic mass is 10.0. The fraction of sp³-hybridized carbons (Fsp3) is 0.500. The van der Waals surface area contributed by atoms with E-state index in [9.17, 15) is 5.11 Å². The summed E-state index contributed by atoms with van der Waals surface area (Å²) < 4.78 is 16.4. The molecular formula is C12H13ClO4. The van der Waals surface area contributed by atoms with Gasteiger partial charge in [-0.2, -0.15) is 0 Å². The van der Waals surface area contributed by atoms with E-state index in [1.54, 1.807) is 6.07 Å². The van der Waals surface area contributed by atoms with Gasteiger partial charge in [0.15, 0.2) is 11.5 Å². The molecule has 0 bridgehead atoms. The van der Waals surface area contributed by atoms with Gasteiger partial charge < -0.3 is 19.3 Å². The van der Waals surface area contributed by atoms with Crippen LogP contribution in [-0.4, -0.2) is 25.4 Å². The minimum atomic E-state index is -0.874. The highest BCUT2D eigenvalue weighted by atomic mass is 35.5. The van der Waals surface area contributed by atoms with Crippen LogP contribution in [0.2, 0.25) is 5.02 Å². The lowest BCUT2D eigenvalue weighted by molar-refractivity contribution is 0.126. The van der Waals surface area contributed by atoms with Gasteiger partial charge in [0.1, 0.15) is 19.0 Å². The van der Waals surface area contributed by atoms with E-state index in [1.165, 1.54) is 7.11 Å². The first-order valence-corrected chi connectivity index (χ1v) is 5.92. The molecule has 3 rings (SSSR count). The summed E-state index contributed by atoms with van der Waals surface area (Å²) in [4.78, 5) is 0. The van der Waals surface area contributed by atoms with Crippen molar-refractivity contribution >= 4 is 11.6 Å². The van der Waals surface area contributed by atoms with Gasteiger partial charge in [-0.1, -0.05) is 11.6 Å². The number of rotatable bonds is 2. The van der Waals surface area contributed by atoms with Crippen molar-refractivity contribution in [2.45, 2.75) is 18.4 Å². The highest BCUT2D eigenvalue weighted by molar-refractivity contribution is 6.32. The molecule has 0 spiro atoms. The molecule has 1 aromatic rings. The molecule has 1 aliphatic heterocycles. The summed E-state index contributed by atoms with van der Waals surface area (Å²) >= 11 is 6.13. The molecule has 1 aliphatic carbocycles. The quantitative estimate of drug-likeness (QED) is 0.880. The van der Waals surface area contributed by atoms with Crippen LogP contribution in [0.4, 0.5) is 0 Å². The highest BCUT2D eigenvalue weighted by Crippen LogP contribution is 2.57. The molecule has 1 saturated carbocycles. The Morgan fingerprint density at radius 1 is 1.35 bits per heavy atom. The maximum Gasteiger partial charge on any atom is 0.171 e. The van der Waals surface area contributed by atoms with Crippen LogP contribution in [0.15, 0.2) is 6.07 Å². The molecule has 0 saturated heterocycles. The molecule has 1 N–H and O–H groups in total. The first kappa shape index (κ1) is 11.0. The summed E-state index contributed by atoms with van der Waals surface area (Å²) in [6.45, 7) is 0.967. The van der Waals surface area contributed by atoms with E-state index in [0.29, 0.717) is 53.9 Å². The highest BCUT2D eigenvalue weighted by Gasteiger charge is 2.48. The first-order valence-electron chi connectivity index (χ1n) is 5.55. The SMILES string of the molecule is COc1c(Cl)cc2c(c1C1(O)CC1)OCCO2. The van der Waals surface area contributed by atoms with E-state index in [1.807, 2.05) is 0 Å². The Morgan fingerprint density at radius 3 is 2.71 bits per heavy atom. The fourth-order valence-corrected chi connectivity index (χ4v) is 2.40. The molecule has 0 amide bonds. The fourth-order valence-electron chi connectivity index (χ4n) is 2.13. The monoisotopic (exact) mass is 256 g/mol. The Balaban J connectivity index is 2.23. The van der Waals surface area contributed by atoms with Crippen LogP contribution in [0.25, 0.3) is 0 Å². The maximum absolute atomic E-state index is 10.3. The lowest BCUT2D eigenvalue weighted by Gasteiger charge is -2.25. The largest absolute Gasteiger partial charge is 0.495 e. The normalized spacial score (nSPS) is 19.9. The molecule has 2 aliphatic rings. The summed E-state index contributed by atoms with van der Waals surface area (Å²) in [6.07, 6.45) is 1.39. The van der Waals surface area contributed by atoms with Gasteiger partial charge in [-0.3, -0.25) is 0 Å². The summed E-state index contributed by atoms with van der Waals surface area (Å²) in [7, 11) is 1.53. The molecule has 4 nitrogen and oxygen atoms in total. The van der Waals surface area contributed by atoms with Crippen molar-refractivity contribution in [3.8, 4) is 17.2 Å². The van der Waals surface area contributed by atoms with Crippen molar-refractivity contribution in [3.05, 3.63) is 16.7 Å². The Kier molecular flexibility index (Phi) is 2.38. The summed E-state index contributed by atoms with van der Waals surface area (Å²) in [5, 5.41) is 10.8. The zero-order valence-corrected chi connectivity index (χ0v) is 10.2. The molecule has 0 atom stereocenters. The number of halogens is 1. The topological polar surface area (TPSA) is 47.9 Å². The molecule has 1 fully saturated rings. The number of fused-ring (bicyclic) bond motifs is 1. The predicted octanol–water partition coefficient (Wildman–Crippen LogP) is 2.10. The van der Waals surface area contributed by atoms with E-state index in [4.69, 9.17) is 25.8 Å².